The van der Waals surface area contributed by atoms with Crippen molar-refractivity contribution in [3.05, 3.63) is 58.5 Å². The minimum absolute atomic E-state index is 0.0315. The van der Waals surface area contributed by atoms with Crippen LogP contribution in [0.1, 0.15) is 18.1 Å². The Morgan fingerprint density at radius 2 is 1.92 bits per heavy atom. The van der Waals surface area contributed by atoms with Crippen molar-refractivity contribution in [1.29, 1.82) is 0 Å². The summed E-state index contributed by atoms with van der Waals surface area (Å²) in [5.41, 5.74) is 2.45. The van der Waals surface area contributed by atoms with Gasteiger partial charge in [-0.1, -0.05) is 19.1 Å². The molecule has 0 bridgehead atoms. The Labute approximate surface area is 143 Å². The summed E-state index contributed by atoms with van der Waals surface area (Å²) in [5, 5.41) is 22.3. The van der Waals surface area contributed by atoms with Gasteiger partial charge >= 0.3 is 0 Å². The molecule has 122 valence electrons. The lowest BCUT2D eigenvalue weighted by molar-refractivity contribution is -0.115. The van der Waals surface area contributed by atoms with E-state index in [-0.39, 0.29) is 17.4 Å². The van der Waals surface area contributed by atoms with E-state index in [1.54, 1.807) is 12.1 Å². The Morgan fingerprint density at radius 3 is 2.58 bits per heavy atom. The number of phenolic OH excluding ortho intramolecular Hbond substituents is 2. The van der Waals surface area contributed by atoms with Crippen molar-refractivity contribution >= 4 is 34.6 Å². The van der Waals surface area contributed by atoms with Gasteiger partial charge in [0.2, 0.25) is 0 Å². The van der Waals surface area contributed by atoms with Crippen molar-refractivity contribution in [2.75, 3.05) is 0 Å². The molecule has 1 aliphatic rings. The number of carbonyl (C=O) groups is 1. The fourth-order valence-corrected chi connectivity index (χ4v) is 3.03. The molecular formula is C18H16N2O3S. The SMILES string of the molecule is CCc1ccc(N=C2NC(=O)/C(=C/c3ccc(O)cc3O)S2)cc1. The first kappa shape index (κ1) is 16.1. The van der Waals surface area contributed by atoms with Crippen LogP contribution in [0.5, 0.6) is 11.5 Å². The first-order valence-electron chi connectivity index (χ1n) is 7.45. The maximum atomic E-state index is 12.0. The zero-order valence-corrected chi connectivity index (χ0v) is 13.8. The minimum atomic E-state index is -0.267. The summed E-state index contributed by atoms with van der Waals surface area (Å²) in [6.07, 6.45) is 2.53. The average molecular weight is 340 g/mol. The van der Waals surface area contributed by atoms with E-state index in [2.05, 4.69) is 17.2 Å². The molecule has 1 aliphatic heterocycles. The van der Waals surface area contributed by atoms with Gasteiger partial charge in [0, 0.05) is 11.6 Å². The molecule has 2 aromatic carbocycles. The molecule has 1 heterocycles. The van der Waals surface area contributed by atoms with Crippen LogP contribution in [0.2, 0.25) is 0 Å². The van der Waals surface area contributed by atoms with Gasteiger partial charge in [-0.3, -0.25) is 4.79 Å². The molecular weight excluding hydrogens is 324 g/mol. The number of amides is 1. The number of hydrogen-bond acceptors (Lipinski definition) is 5. The number of rotatable bonds is 3. The number of aryl methyl sites for hydroxylation is 1. The lowest BCUT2D eigenvalue weighted by atomic mass is 10.1. The van der Waals surface area contributed by atoms with Crippen LogP contribution >= 0.6 is 11.8 Å². The largest absolute Gasteiger partial charge is 0.508 e. The van der Waals surface area contributed by atoms with Crippen LogP contribution in [0.3, 0.4) is 0 Å². The van der Waals surface area contributed by atoms with Crippen LogP contribution in [-0.2, 0) is 11.2 Å². The molecule has 2 aromatic rings. The Hall–Kier alpha value is -2.73. The highest BCUT2D eigenvalue weighted by Gasteiger charge is 2.24. The fraction of sp³-hybridized carbons (Fsp3) is 0.111. The monoisotopic (exact) mass is 340 g/mol. The molecule has 24 heavy (non-hydrogen) atoms. The summed E-state index contributed by atoms with van der Waals surface area (Å²) < 4.78 is 0. The van der Waals surface area contributed by atoms with E-state index in [1.165, 1.54) is 29.5 Å². The second kappa shape index (κ2) is 6.80. The average Bonchev–Trinajstić information content (AvgIpc) is 2.90. The molecule has 0 unspecified atom stereocenters. The van der Waals surface area contributed by atoms with Crippen molar-refractivity contribution in [3.63, 3.8) is 0 Å². The molecule has 1 saturated heterocycles. The molecule has 1 amide bonds. The molecule has 3 N–H and O–H groups in total. The Balaban J connectivity index is 1.82. The molecule has 6 heteroatoms. The summed E-state index contributed by atoms with van der Waals surface area (Å²) in [6.45, 7) is 2.09. The molecule has 0 aliphatic carbocycles. The maximum absolute atomic E-state index is 12.0. The number of carbonyl (C=O) groups excluding carboxylic acids is 1. The summed E-state index contributed by atoms with van der Waals surface area (Å²) in [6, 6.07) is 12.1. The van der Waals surface area contributed by atoms with Crippen LogP contribution in [0, 0.1) is 0 Å². The van der Waals surface area contributed by atoms with Crippen molar-refractivity contribution < 1.29 is 15.0 Å². The van der Waals surface area contributed by atoms with Crippen LogP contribution in [0.15, 0.2) is 52.4 Å². The Morgan fingerprint density at radius 1 is 1.17 bits per heavy atom. The highest BCUT2D eigenvalue weighted by Crippen LogP contribution is 2.31. The minimum Gasteiger partial charge on any atom is -0.508 e. The second-order valence-electron chi connectivity index (χ2n) is 5.24. The highest BCUT2D eigenvalue weighted by molar-refractivity contribution is 8.18. The molecule has 0 aromatic heterocycles. The number of thioether (sulfide) groups is 1. The molecule has 0 radical (unpaired) electrons. The number of benzene rings is 2. The summed E-state index contributed by atoms with van der Waals surface area (Å²) in [4.78, 5) is 16.9. The predicted octanol–water partition coefficient (Wildman–Crippen LogP) is 3.55. The Kier molecular flexibility index (Phi) is 4.57. The highest BCUT2D eigenvalue weighted by atomic mass is 32.2. The summed E-state index contributed by atoms with van der Waals surface area (Å²) in [7, 11) is 0. The number of amidine groups is 1. The first-order chi connectivity index (χ1) is 11.5. The van der Waals surface area contributed by atoms with Gasteiger partial charge in [-0.05, 0) is 54.1 Å². The van der Waals surface area contributed by atoms with E-state index >= 15 is 0 Å². The lowest BCUT2D eigenvalue weighted by Gasteiger charge is -2.00. The van der Waals surface area contributed by atoms with E-state index in [0.717, 1.165) is 12.1 Å². The molecule has 5 nitrogen and oxygen atoms in total. The van der Waals surface area contributed by atoms with Gasteiger partial charge in [-0.2, -0.15) is 0 Å². The number of aliphatic imine (C=N–C) groups is 1. The van der Waals surface area contributed by atoms with Gasteiger partial charge in [-0.15, -0.1) is 0 Å². The fourth-order valence-electron chi connectivity index (χ4n) is 2.20. The van der Waals surface area contributed by atoms with Crippen molar-refractivity contribution in [1.82, 2.24) is 5.32 Å². The second-order valence-corrected chi connectivity index (χ2v) is 6.28. The third-order valence-corrected chi connectivity index (χ3v) is 4.44. The Bertz CT molecular complexity index is 842. The van der Waals surface area contributed by atoms with E-state index in [1.807, 2.05) is 24.3 Å². The zero-order chi connectivity index (χ0) is 17.1. The summed E-state index contributed by atoms with van der Waals surface area (Å²) in [5.74, 6) is -0.385. The van der Waals surface area contributed by atoms with Crippen LogP contribution in [0.25, 0.3) is 6.08 Å². The number of nitrogens with one attached hydrogen (secondary N) is 1. The third-order valence-electron chi connectivity index (χ3n) is 3.53. The van der Waals surface area contributed by atoms with E-state index in [0.29, 0.717) is 15.6 Å². The predicted molar refractivity (Wildman–Crippen MR) is 96.4 cm³/mol. The number of aromatic hydroxyl groups is 2. The zero-order valence-electron chi connectivity index (χ0n) is 13.0. The quantitative estimate of drug-likeness (QED) is 0.746. The van der Waals surface area contributed by atoms with Crippen molar-refractivity contribution in [2.24, 2.45) is 4.99 Å². The molecule has 0 atom stereocenters. The van der Waals surface area contributed by atoms with E-state index < -0.39 is 0 Å². The van der Waals surface area contributed by atoms with Crippen molar-refractivity contribution in [3.8, 4) is 11.5 Å². The van der Waals surface area contributed by atoms with Gasteiger partial charge in [0.25, 0.3) is 5.91 Å². The van der Waals surface area contributed by atoms with Gasteiger partial charge < -0.3 is 15.5 Å². The number of nitrogens with zero attached hydrogens (tertiary/aromatic N) is 1. The number of hydrogen-bond donors (Lipinski definition) is 3. The molecule has 3 rings (SSSR count). The van der Waals surface area contributed by atoms with E-state index in [9.17, 15) is 15.0 Å². The lowest BCUT2D eigenvalue weighted by Crippen LogP contribution is -2.19. The van der Waals surface area contributed by atoms with Gasteiger partial charge in [0.05, 0.1) is 10.6 Å². The third kappa shape index (κ3) is 3.60. The van der Waals surface area contributed by atoms with Gasteiger partial charge in [0.1, 0.15) is 11.5 Å². The molecule has 0 saturated carbocycles. The van der Waals surface area contributed by atoms with Crippen LogP contribution < -0.4 is 5.32 Å². The molecule has 1 fully saturated rings. The smallest absolute Gasteiger partial charge is 0.264 e. The molecule has 0 spiro atoms. The first-order valence-corrected chi connectivity index (χ1v) is 8.27. The topological polar surface area (TPSA) is 81.9 Å². The summed E-state index contributed by atoms with van der Waals surface area (Å²) >= 11 is 1.21. The van der Waals surface area contributed by atoms with E-state index in [4.69, 9.17) is 0 Å². The van der Waals surface area contributed by atoms with Crippen molar-refractivity contribution in [2.45, 2.75) is 13.3 Å². The maximum Gasteiger partial charge on any atom is 0.264 e. The standard InChI is InChI=1S/C18H16N2O3S/c1-2-11-3-6-13(7-4-11)19-18-20-17(23)16(24-18)9-12-5-8-14(21)10-15(12)22/h3-10,21-22H,2H2,1H3,(H,19,20,23)/b16-9-. The van der Waals surface area contributed by atoms with Crippen LogP contribution in [0.4, 0.5) is 5.69 Å². The number of phenols is 2. The van der Waals surface area contributed by atoms with Gasteiger partial charge in [-0.25, -0.2) is 4.99 Å². The van der Waals surface area contributed by atoms with Gasteiger partial charge in [0.15, 0.2) is 5.17 Å². The van der Waals surface area contributed by atoms with Crippen LogP contribution in [-0.4, -0.2) is 21.3 Å². The normalized spacial score (nSPS) is 17.5.